The van der Waals surface area contributed by atoms with E-state index in [1.165, 1.54) is 39.2 Å². The lowest BCUT2D eigenvalue weighted by Gasteiger charge is -2.34. The number of esters is 1. The van der Waals surface area contributed by atoms with Crippen molar-refractivity contribution in [3.63, 3.8) is 0 Å². The van der Waals surface area contributed by atoms with E-state index in [4.69, 9.17) is 4.74 Å². The molecule has 2 unspecified atom stereocenters. The standard InChI is InChI=1S/C15H27NO2/c1-12-6-5-10-15(11-9-12,14(17)18-2)16-13-7-3-4-8-13/h12-13,16H,3-11H2,1-2H3. The first-order valence-electron chi connectivity index (χ1n) is 7.52. The van der Waals surface area contributed by atoms with Crippen LogP contribution in [0.5, 0.6) is 0 Å². The summed E-state index contributed by atoms with van der Waals surface area (Å²) in [5.41, 5.74) is -0.394. The van der Waals surface area contributed by atoms with Crippen LogP contribution in [0.15, 0.2) is 0 Å². The third-order valence-electron chi connectivity index (χ3n) is 4.78. The summed E-state index contributed by atoms with van der Waals surface area (Å²) in [4.78, 5) is 12.3. The maximum Gasteiger partial charge on any atom is 0.326 e. The maximum absolute atomic E-state index is 12.3. The minimum Gasteiger partial charge on any atom is -0.468 e. The third kappa shape index (κ3) is 3.05. The Bertz CT molecular complexity index is 286. The second-order valence-electron chi connectivity index (χ2n) is 6.24. The van der Waals surface area contributed by atoms with E-state index >= 15 is 0 Å². The molecular formula is C15H27NO2. The molecule has 2 aliphatic rings. The van der Waals surface area contributed by atoms with Gasteiger partial charge in [0.25, 0.3) is 0 Å². The highest BCUT2D eigenvalue weighted by Crippen LogP contribution is 2.33. The summed E-state index contributed by atoms with van der Waals surface area (Å²) in [6, 6.07) is 0.525. The summed E-state index contributed by atoms with van der Waals surface area (Å²) in [5.74, 6) is 0.699. The van der Waals surface area contributed by atoms with E-state index < -0.39 is 5.54 Å². The van der Waals surface area contributed by atoms with Gasteiger partial charge < -0.3 is 4.74 Å². The number of nitrogens with one attached hydrogen (secondary N) is 1. The van der Waals surface area contributed by atoms with Crippen LogP contribution in [0.25, 0.3) is 0 Å². The Hall–Kier alpha value is -0.570. The van der Waals surface area contributed by atoms with Gasteiger partial charge in [0, 0.05) is 6.04 Å². The fraction of sp³-hybridized carbons (Fsp3) is 0.933. The molecule has 0 saturated heterocycles. The van der Waals surface area contributed by atoms with Crippen LogP contribution in [0.1, 0.15) is 64.7 Å². The predicted octanol–water partition coefficient (Wildman–Crippen LogP) is 3.03. The lowest BCUT2D eigenvalue weighted by molar-refractivity contribution is -0.149. The van der Waals surface area contributed by atoms with Crippen LogP contribution in [0.4, 0.5) is 0 Å². The Morgan fingerprint density at radius 2 is 1.83 bits per heavy atom. The topological polar surface area (TPSA) is 38.3 Å². The van der Waals surface area contributed by atoms with Gasteiger partial charge >= 0.3 is 5.97 Å². The molecule has 1 N–H and O–H groups in total. The van der Waals surface area contributed by atoms with E-state index in [0.29, 0.717) is 6.04 Å². The molecule has 0 heterocycles. The van der Waals surface area contributed by atoms with Gasteiger partial charge in [0.1, 0.15) is 5.54 Å². The van der Waals surface area contributed by atoms with Crippen LogP contribution < -0.4 is 5.32 Å². The van der Waals surface area contributed by atoms with Crippen molar-refractivity contribution in [2.45, 2.75) is 76.3 Å². The molecular weight excluding hydrogens is 226 g/mol. The molecule has 18 heavy (non-hydrogen) atoms. The Morgan fingerprint density at radius 3 is 2.50 bits per heavy atom. The summed E-state index contributed by atoms with van der Waals surface area (Å²) in [5, 5.41) is 3.67. The van der Waals surface area contributed by atoms with E-state index in [1.54, 1.807) is 0 Å². The lowest BCUT2D eigenvalue weighted by Crippen LogP contribution is -2.55. The molecule has 0 aromatic carbocycles. The smallest absolute Gasteiger partial charge is 0.326 e. The molecule has 2 atom stereocenters. The predicted molar refractivity (Wildman–Crippen MR) is 72.4 cm³/mol. The highest BCUT2D eigenvalue weighted by molar-refractivity contribution is 5.80. The van der Waals surface area contributed by atoms with Crippen molar-refractivity contribution in [2.24, 2.45) is 5.92 Å². The number of carbonyl (C=O) groups excluding carboxylic acids is 1. The Labute approximate surface area is 111 Å². The third-order valence-corrected chi connectivity index (χ3v) is 4.78. The Balaban J connectivity index is 2.08. The molecule has 2 fully saturated rings. The van der Waals surface area contributed by atoms with Crippen LogP contribution in [0.2, 0.25) is 0 Å². The van der Waals surface area contributed by atoms with Gasteiger partial charge in [0.15, 0.2) is 0 Å². The fourth-order valence-corrected chi connectivity index (χ4v) is 3.58. The van der Waals surface area contributed by atoms with Crippen molar-refractivity contribution in [3.8, 4) is 0 Å². The van der Waals surface area contributed by atoms with Crippen LogP contribution in [0, 0.1) is 5.92 Å². The zero-order valence-electron chi connectivity index (χ0n) is 11.8. The van der Waals surface area contributed by atoms with Gasteiger partial charge in [-0.3, -0.25) is 10.1 Å². The number of hydrogen-bond donors (Lipinski definition) is 1. The van der Waals surface area contributed by atoms with Gasteiger partial charge in [0.05, 0.1) is 7.11 Å². The van der Waals surface area contributed by atoms with Crippen molar-refractivity contribution in [2.75, 3.05) is 7.11 Å². The van der Waals surface area contributed by atoms with Crippen LogP contribution >= 0.6 is 0 Å². The summed E-state index contributed by atoms with van der Waals surface area (Å²) in [7, 11) is 1.52. The maximum atomic E-state index is 12.3. The highest BCUT2D eigenvalue weighted by Gasteiger charge is 2.42. The van der Waals surface area contributed by atoms with E-state index in [2.05, 4.69) is 12.2 Å². The molecule has 2 rings (SSSR count). The first-order valence-corrected chi connectivity index (χ1v) is 7.52. The van der Waals surface area contributed by atoms with Crippen molar-refractivity contribution in [3.05, 3.63) is 0 Å². The number of ether oxygens (including phenoxy) is 1. The minimum atomic E-state index is -0.394. The monoisotopic (exact) mass is 253 g/mol. The van der Waals surface area contributed by atoms with E-state index in [1.807, 2.05) is 0 Å². The second-order valence-corrected chi connectivity index (χ2v) is 6.24. The normalized spacial score (nSPS) is 34.2. The summed E-state index contributed by atoms with van der Waals surface area (Å²) < 4.78 is 5.09. The van der Waals surface area contributed by atoms with E-state index in [-0.39, 0.29) is 5.97 Å². The molecule has 3 heteroatoms. The summed E-state index contributed by atoms with van der Waals surface area (Å²) >= 11 is 0. The molecule has 0 bridgehead atoms. The summed E-state index contributed by atoms with van der Waals surface area (Å²) in [6.45, 7) is 2.29. The molecule has 104 valence electrons. The van der Waals surface area contributed by atoms with Crippen molar-refractivity contribution in [1.29, 1.82) is 0 Å². The number of carbonyl (C=O) groups is 1. The molecule has 0 aromatic heterocycles. The van der Waals surface area contributed by atoms with Gasteiger partial charge in [-0.15, -0.1) is 0 Å². The number of rotatable bonds is 3. The van der Waals surface area contributed by atoms with Gasteiger partial charge in [-0.1, -0.05) is 32.6 Å². The van der Waals surface area contributed by atoms with Crippen LogP contribution in [0.3, 0.4) is 0 Å². The Kier molecular flexibility index (Phi) is 4.66. The van der Waals surface area contributed by atoms with Crippen molar-refractivity contribution < 1.29 is 9.53 Å². The van der Waals surface area contributed by atoms with E-state index in [9.17, 15) is 4.79 Å². The fourth-order valence-electron chi connectivity index (χ4n) is 3.58. The van der Waals surface area contributed by atoms with Gasteiger partial charge in [-0.05, 0) is 38.0 Å². The van der Waals surface area contributed by atoms with Crippen LogP contribution in [-0.4, -0.2) is 24.7 Å². The SMILES string of the molecule is COC(=O)C1(NC2CCCC2)CCCC(C)CC1. The van der Waals surface area contributed by atoms with Crippen molar-refractivity contribution >= 4 is 5.97 Å². The Morgan fingerprint density at radius 1 is 1.11 bits per heavy atom. The van der Waals surface area contributed by atoms with Crippen molar-refractivity contribution in [1.82, 2.24) is 5.32 Å². The second kappa shape index (κ2) is 6.05. The largest absolute Gasteiger partial charge is 0.468 e. The number of methoxy groups -OCH3 is 1. The zero-order chi connectivity index (χ0) is 13.0. The quantitative estimate of drug-likeness (QED) is 0.620. The average molecular weight is 253 g/mol. The molecule has 2 saturated carbocycles. The van der Waals surface area contributed by atoms with Gasteiger partial charge in [0.2, 0.25) is 0 Å². The van der Waals surface area contributed by atoms with Gasteiger partial charge in [-0.2, -0.15) is 0 Å². The first-order chi connectivity index (χ1) is 8.66. The number of hydrogen-bond acceptors (Lipinski definition) is 3. The molecule has 0 aliphatic heterocycles. The average Bonchev–Trinajstić information content (AvgIpc) is 2.80. The minimum absolute atomic E-state index is 0.0384. The molecule has 0 aromatic rings. The van der Waals surface area contributed by atoms with Crippen LogP contribution in [-0.2, 0) is 9.53 Å². The molecule has 0 amide bonds. The highest BCUT2D eigenvalue weighted by atomic mass is 16.5. The zero-order valence-corrected chi connectivity index (χ0v) is 11.8. The molecule has 0 spiro atoms. The molecule has 2 aliphatic carbocycles. The molecule has 3 nitrogen and oxygen atoms in total. The summed E-state index contributed by atoms with van der Waals surface area (Å²) in [6.07, 6.45) is 10.4. The molecule has 0 radical (unpaired) electrons. The first kappa shape index (κ1) is 13.9. The van der Waals surface area contributed by atoms with Gasteiger partial charge in [-0.25, -0.2) is 0 Å². The lowest BCUT2D eigenvalue weighted by atomic mass is 9.88. The van der Waals surface area contributed by atoms with E-state index in [0.717, 1.165) is 31.6 Å².